The number of nitrogens with one attached hydrogen (secondary N) is 1. The van der Waals surface area contributed by atoms with Gasteiger partial charge in [-0.15, -0.1) is 0 Å². The van der Waals surface area contributed by atoms with Crippen LogP contribution >= 0.6 is 23.2 Å². The van der Waals surface area contributed by atoms with E-state index in [0.717, 1.165) is 5.56 Å². The van der Waals surface area contributed by atoms with Crippen molar-refractivity contribution in [1.82, 2.24) is 5.32 Å². The van der Waals surface area contributed by atoms with Crippen LogP contribution in [0.5, 0.6) is 0 Å². The van der Waals surface area contributed by atoms with Gasteiger partial charge in [0.15, 0.2) is 0 Å². The van der Waals surface area contributed by atoms with Crippen LogP contribution in [0.4, 0.5) is 5.69 Å². The first-order valence-electron chi connectivity index (χ1n) is 6.38. The number of nitrogens with zero attached hydrogens (tertiary/aromatic N) is 1. The Balaban J connectivity index is 2.26. The predicted octanol–water partition coefficient (Wildman–Crippen LogP) is 4.39. The number of amides is 1. The van der Waals surface area contributed by atoms with Gasteiger partial charge in [0.05, 0.1) is 11.0 Å². The third-order valence-electron chi connectivity index (χ3n) is 3.10. The van der Waals surface area contributed by atoms with E-state index in [4.69, 9.17) is 23.2 Å². The summed E-state index contributed by atoms with van der Waals surface area (Å²) < 4.78 is 0. The predicted molar refractivity (Wildman–Crippen MR) is 85.4 cm³/mol. The summed E-state index contributed by atoms with van der Waals surface area (Å²) in [6, 6.07) is 10.5. The van der Waals surface area contributed by atoms with Gasteiger partial charge in [0.2, 0.25) is 0 Å². The molecule has 0 aliphatic carbocycles. The number of nitro benzene ring substituents is 1. The van der Waals surface area contributed by atoms with Crippen molar-refractivity contribution in [1.29, 1.82) is 0 Å². The Morgan fingerprint density at radius 3 is 2.50 bits per heavy atom. The Labute approximate surface area is 137 Å². The fraction of sp³-hybridized carbons (Fsp3) is 0.133. The normalized spacial score (nSPS) is 11.8. The second-order valence-corrected chi connectivity index (χ2v) is 5.54. The summed E-state index contributed by atoms with van der Waals surface area (Å²) in [7, 11) is 0. The smallest absolute Gasteiger partial charge is 0.282 e. The third kappa shape index (κ3) is 3.75. The van der Waals surface area contributed by atoms with Crippen molar-refractivity contribution in [3.05, 3.63) is 73.8 Å². The van der Waals surface area contributed by atoms with E-state index in [9.17, 15) is 14.9 Å². The Hall–Kier alpha value is -2.11. The number of hydrogen-bond acceptors (Lipinski definition) is 3. The van der Waals surface area contributed by atoms with Crippen molar-refractivity contribution < 1.29 is 9.72 Å². The molecule has 114 valence electrons. The van der Waals surface area contributed by atoms with E-state index in [1.54, 1.807) is 25.1 Å². The molecule has 0 radical (unpaired) electrons. The van der Waals surface area contributed by atoms with Crippen LogP contribution < -0.4 is 5.32 Å². The zero-order valence-corrected chi connectivity index (χ0v) is 13.1. The summed E-state index contributed by atoms with van der Waals surface area (Å²) >= 11 is 11.7. The molecule has 0 saturated heterocycles. The SMILES string of the molecule is CC(NC(=O)c1cc(Cl)ccc1[N+](=O)[O-])c1cccc(Cl)c1. The molecule has 1 atom stereocenters. The molecule has 0 spiro atoms. The molecule has 1 unspecified atom stereocenters. The Morgan fingerprint density at radius 2 is 1.86 bits per heavy atom. The van der Waals surface area contributed by atoms with Crippen LogP contribution in [0.25, 0.3) is 0 Å². The van der Waals surface area contributed by atoms with E-state index in [1.165, 1.54) is 18.2 Å². The molecule has 0 aliphatic rings. The molecular weight excluding hydrogens is 327 g/mol. The largest absolute Gasteiger partial charge is 0.345 e. The Morgan fingerprint density at radius 1 is 1.18 bits per heavy atom. The van der Waals surface area contributed by atoms with Gasteiger partial charge in [-0.05, 0) is 36.8 Å². The van der Waals surface area contributed by atoms with Gasteiger partial charge in [-0.2, -0.15) is 0 Å². The second kappa shape index (κ2) is 6.77. The summed E-state index contributed by atoms with van der Waals surface area (Å²) in [6.45, 7) is 1.76. The summed E-state index contributed by atoms with van der Waals surface area (Å²) in [5, 5.41) is 14.5. The van der Waals surface area contributed by atoms with Crippen LogP contribution in [0, 0.1) is 10.1 Å². The highest BCUT2D eigenvalue weighted by Gasteiger charge is 2.22. The lowest BCUT2D eigenvalue weighted by Crippen LogP contribution is -2.27. The number of carbonyl (C=O) groups is 1. The highest BCUT2D eigenvalue weighted by molar-refractivity contribution is 6.31. The van der Waals surface area contributed by atoms with E-state index in [0.29, 0.717) is 5.02 Å². The van der Waals surface area contributed by atoms with Crippen molar-refractivity contribution in [2.45, 2.75) is 13.0 Å². The lowest BCUT2D eigenvalue weighted by atomic mass is 10.1. The average molecular weight is 339 g/mol. The molecule has 0 saturated carbocycles. The Kier molecular flexibility index (Phi) is 5.00. The van der Waals surface area contributed by atoms with Crippen LogP contribution in [0.3, 0.4) is 0 Å². The molecule has 7 heteroatoms. The van der Waals surface area contributed by atoms with Crippen molar-refractivity contribution in [3.8, 4) is 0 Å². The quantitative estimate of drug-likeness (QED) is 0.663. The van der Waals surface area contributed by atoms with Crippen LogP contribution in [-0.4, -0.2) is 10.8 Å². The van der Waals surface area contributed by atoms with Crippen LogP contribution in [0.2, 0.25) is 10.0 Å². The number of hydrogen-bond donors (Lipinski definition) is 1. The van der Waals surface area contributed by atoms with E-state index in [1.807, 2.05) is 6.07 Å². The zero-order chi connectivity index (χ0) is 16.3. The maximum atomic E-state index is 12.3. The molecule has 5 nitrogen and oxygen atoms in total. The molecule has 0 heterocycles. The maximum Gasteiger partial charge on any atom is 0.282 e. The minimum atomic E-state index is -0.616. The highest BCUT2D eigenvalue weighted by Crippen LogP contribution is 2.24. The van der Waals surface area contributed by atoms with Gasteiger partial charge in [0, 0.05) is 16.1 Å². The first-order valence-corrected chi connectivity index (χ1v) is 7.14. The summed E-state index contributed by atoms with van der Waals surface area (Å²) in [5.41, 5.74) is 0.428. The first kappa shape index (κ1) is 16.3. The van der Waals surface area contributed by atoms with Gasteiger partial charge in [-0.1, -0.05) is 35.3 Å². The monoisotopic (exact) mass is 338 g/mol. The van der Waals surface area contributed by atoms with E-state index >= 15 is 0 Å². The van der Waals surface area contributed by atoms with Crippen LogP contribution in [0.15, 0.2) is 42.5 Å². The number of benzene rings is 2. The topological polar surface area (TPSA) is 72.2 Å². The summed E-state index contributed by atoms with van der Waals surface area (Å²) in [6.07, 6.45) is 0. The number of halogens is 2. The van der Waals surface area contributed by atoms with Crippen LogP contribution in [0.1, 0.15) is 28.9 Å². The minimum Gasteiger partial charge on any atom is -0.345 e. The van der Waals surface area contributed by atoms with Gasteiger partial charge in [-0.25, -0.2) is 0 Å². The van der Waals surface area contributed by atoms with Crippen molar-refractivity contribution in [2.24, 2.45) is 0 Å². The third-order valence-corrected chi connectivity index (χ3v) is 3.57. The minimum absolute atomic E-state index is 0.0774. The maximum absolute atomic E-state index is 12.3. The van der Waals surface area contributed by atoms with Gasteiger partial charge >= 0.3 is 0 Å². The van der Waals surface area contributed by atoms with E-state index in [2.05, 4.69) is 5.32 Å². The second-order valence-electron chi connectivity index (χ2n) is 4.67. The lowest BCUT2D eigenvalue weighted by molar-refractivity contribution is -0.385. The Bertz CT molecular complexity index is 734. The molecule has 1 amide bonds. The summed E-state index contributed by atoms with van der Waals surface area (Å²) in [5.74, 6) is -0.568. The number of nitro groups is 1. The van der Waals surface area contributed by atoms with Crippen molar-refractivity contribution in [2.75, 3.05) is 0 Å². The van der Waals surface area contributed by atoms with Crippen LogP contribution in [-0.2, 0) is 0 Å². The average Bonchev–Trinajstić information content (AvgIpc) is 2.46. The molecular formula is C15H12Cl2N2O3. The number of carbonyl (C=O) groups excluding carboxylic acids is 1. The molecule has 0 aromatic heterocycles. The number of rotatable bonds is 4. The molecule has 22 heavy (non-hydrogen) atoms. The lowest BCUT2D eigenvalue weighted by Gasteiger charge is -2.14. The van der Waals surface area contributed by atoms with E-state index in [-0.39, 0.29) is 22.3 Å². The molecule has 1 N–H and O–H groups in total. The molecule has 0 aliphatic heterocycles. The van der Waals surface area contributed by atoms with Gasteiger partial charge < -0.3 is 5.32 Å². The summed E-state index contributed by atoms with van der Waals surface area (Å²) in [4.78, 5) is 22.7. The highest BCUT2D eigenvalue weighted by atomic mass is 35.5. The standard InChI is InChI=1S/C15H12Cl2N2O3/c1-9(10-3-2-4-11(16)7-10)18-15(20)13-8-12(17)5-6-14(13)19(21)22/h2-9H,1H3,(H,18,20). The molecule has 2 aromatic rings. The zero-order valence-electron chi connectivity index (χ0n) is 11.5. The van der Waals surface area contributed by atoms with Gasteiger partial charge in [-0.3, -0.25) is 14.9 Å². The molecule has 0 bridgehead atoms. The van der Waals surface area contributed by atoms with Crippen molar-refractivity contribution >= 4 is 34.8 Å². The molecule has 2 aromatic carbocycles. The van der Waals surface area contributed by atoms with E-state index < -0.39 is 10.8 Å². The first-order chi connectivity index (χ1) is 10.4. The molecule has 0 fully saturated rings. The fourth-order valence-electron chi connectivity index (χ4n) is 1.98. The fourth-order valence-corrected chi connectivity index (χ4v) is 2.35. The van der Waals surface area contributed by atoms with Gasteiger partial charge in [0.1, 0.15) is 5.56 Å². The van der Waals surface area contributed by atoms with Gasteiger partial charge in [0.25, 0.3) is 11.6 Å². The molecule has 2 rings (SSSR count). The van der Waals surface area contributed by atoms with Crippen molar-refractivity contribution in [3.63, 3.8) is 0 Å².